The average Bonchev–Trinajstić information content (AvgIpc) is 3.42. The van der Waals surface area contributed by atoms with Gasteiger partial charge in [-0.15, -0.1) is 11.3 Å². The number of nitrogens with one attached hydrogen (secondary N) is 1. The molecule has 1 amide bonds. The van der Waals surface area contributed by atoms with E-state index in [-0.39, 0.29) is 5.91 Å². The molecule has 2 aromatic heterocycles. The summed E-state index contributed by atoms with van der Waals surface area (Å²) in [5.74, 6) is 0.0144. The molecule has 200 valence electrons. The summed E-state index contributed by atoms with van der Waals surface area (Å²) in [7, 11) is 1.31. The van der Waals surface area contributed by atoms with E-state index < -0.39 is 11.9 Å². The first-order valence-electron chi connectivity index (χ1n) is 12.7. The van der Waals surface area contributed by atoms with E-state index in [4.69, 9.17) is 0 Å². The third-order valence-electron chi connectivity index (χ3n) is 6.78. The molecule has 1 aliphatic rings. The van der Waals surface area contributed by atoms with Gasteiger partial charge in [0.15, 0.2) is 0 Å². The van der Waals surface area contributed by atoms with Gasteiger partial charge in [0, 0.05) is 37.2 Å². The van der Waals surface area contributed by atoms with Gasteiger partial charge in [0.2, 0.25) is 5.91 Å². The first-order valence-corrected chi connectivity index (χ1v) is 13.5. The van der Waals surface area contributed by atoms with Gasteiger partial charge in [0.05, 0.1) is 11.4 Å². The maximum Gasteiger partial charge on any atom is 0.433 e. The number of alkyl halides is 3. The third-order valence-corrected chi connectivity index (χ3v) is 7.87. The molecule has 1 N–H and O–H groups in total. The van der Waals surface area contributed by atoms with Crippen molar-refractivity contribution in [3.63, 3.8) is 0 Å². The highest BCUT2D eigenvalue weighted by molar-refractivity contribution is 7.15. The van der Waals surface area contributed by atoms with Crippen molar-refractivity contribution in [2.75, 3.05) is 38.0 Å². The predicted octanol–water partition coefficient (Wildman–Crippen LogP) is 5.44. The van der Waals surface area contributed by atoms with Gasteiger partial charge >= 0.3 is 6.18 Å². The van der Waals surface area contributed by atoms with Crippen LogP contribution in [0.5, 0.6) is 0 Å². The second-order valence-electron chi connectivity index (χ2n) is 9.41. The number of nitrogens with zero attached hydrogens (tertiary/aromatic N) is 4. The van der Waals surface area contributed by atoms with Crippen LogP contribution in [0.1, 0.15) is 42.0 Å². The predicted molar refractivity (Wildman–Crippen MR) is 142 cm³/mol. The molecule has 3 heterocycles. The molecule has 0 spiro atoms. The number of carbonyl (C=O) groups is 1. The Hall–Kier alpha value is -2.69. The van der Waals surface area contributed by atoms with Crippen LogP contribution >= 0.6 is 11.3 Å². The maximum absolute atomic E-state index is 13.1. The Morgan fingerprint density at radius 3 is 2.35 bits per heavy atom. The summed E-state index contributed by atoms with van der Waals surface area (Å²) in [4.78, 5) is 19.2. The van der Waals surface area contributed by atoms with E-state index in [9.17, 15) is 18.0 Å². The number of para-hydroxylation sites is 1. The molecule has 0 atom stereocenters. The fourth-order valence-corrected chi connectivity index (χ4v) is 5.81. The molecule has 0 bridgehead atoms. The number of thiophene rings is 1. The van der Waals surface area contributed by atoms with Gasteiger partial charge in [-0.3, -0.25) is 19.3 Å². The van der Waals surface area contributed by atoms with E-state index in [1.807, 2.05) is 18.2 Å². The summed E-state index contributed by atoms with van der Waals surface area (Å²) < 4.78 is 40.3. The molecule has 10 heteroatoms. The highest BCUT2D eigenvalue weighted by Gasteiger charge is 2.35. The Morgan fingerprint density at radius 1 is 1.03 bits per heavy atom. The van der Waals surface area contributed by atoms with Gasteiger partial charge in [0.1, 0.15) is 11.4 Å². The fourth-order valence-electron chi connectivity index (χ4n) is 4.80. The van der Waals surface area contributed by atoms with Crippen LogP contribution < -0.4 is 5.32 Å². The average molecular weight is 534 g/mol. The molecule has 4 rings (SSSR count). The van der Waals surface area contributed by atoms with Crippen molar-refractivity contribution in [2.24, 2.45) is 7.05 Å². The number of amides is 1. The van der Waals surface area contributed by atoms with Crippen molar-refractivity contribution in [2.45, 2.75) is 45.8 Å². The lowest BCUT2D eigenvalue weighted by molar-refractivity contribution is -0.143. The number of anilines is 1. The van der Waals surface area contributed by atoms with E-state index in [0.717, 1.165) is 89.3 Å². The number of aryl methyl sites for hydroxylation is 3. The summed E-state index contributed by atoms with van der Waals surface area (Å²) >= 11 is 1.48. The van der Waals surface area contributed by atoms with Gasteiger partial charge in [-0.1, -0.05) is 32.0 Å². The van der Waals surface area contributed by atoms with Crippen molar-refractivity contribution < 1.29 is 18.0 Å². The molecule has 0 unspecified atom stereocenters. The topological polar surface area (TPSA) is 53.4 Å². The summed E-state index contributed by atoms with van der Waals surface area (Å²) in [6.07, 6.45) is -1.73. The highest BCUT2D eigenvalue weighted by Crippen LogP contribution is 2.34. The van der Waals surface area contributed by atoms with Crippen LogP contribution in [-0.4, -0.2) is 58.2 Å². The van der Waals surface area contributed by atoms with Crippen molar-refractivity contribution >= 4 is 22.9 Å². The zero-order valence-electron chi connectivity index (χ0n) is 21.6. The van der Waals surface area contributed by atoms with Gasteiger partial charge in [-0.2, -0.15) is 18.3 Å². The van der Waals surface area contributed by atoms with Crippen molar-refractivity contribution in [1.29, 1.82) is 0 Å². The lowest BCUT2D eigenvalue weighted by atomic mass is 10.0. The molecule has 0 radical (unpaired) electrons. The molecule has 1 saturated heterocycles. The number of benzene rings is 1. The highest BCUT2D eigenvalue weighted by atomic mass is 32.1. The lowest BCUT2D eigenvalue weighted by Gasteiger charge is -2.22. The second kappa shape index (κ2) is 11.8. The SMILES string of the molecule is CCc1cccc(CC)c1NC(=O)CN1CCCN(Cc2ccc(-c3cc(C(F)(F)F)n(C)n3)s2)CC1. The number of halogens is 3. The van der Waals surface area contributed by atoms with Gasteiger partial charge in [0.25, 0.3) is 0 Å². The van der Waals surface area contributed by atoms with Gasteiger partial charge in [-0.05, 0) is 61.7 Å². The zero-order valence-corrected chi connectivity index (χ0v) is 22.4. The first kappa shape index (κ1) is 27.3. The van der Waals surface area contributed by atoms with E-state index in [1.54, 1.807) is 0 Å². The Kier molecular flexibility index (Phi) is 8.71. The van der Waals surface area contributed by atoms with Crippen LogP contribution in [0.2, 0.25) is 0 Å². The second-order valence-corrected chi connectivity index (χ2v) is 10.6. The summed E-state index contributed by atoms with van der Waals surface area (Å²) in [6, 6.07) is 11.1. The van der Waals surface area contributed by atoms with Crippen LogP contribution in [0.25, 0.3) is 10.6 Å². The molecule has 6 nitrogen and oxygen atoms in total. The summed E-state index contributed by atoms with van der Waals surface area (Å²) in [5.41, 5.74) is 2.86. The third kappa shape index (κ3) is 6.80. The minimum atomic E-state index is -4.42. The molecule has 0 aliphatic carbocycles. The molecule has 1 aromatic carbocycles. The van der Waals surface area contributed by atoms with Crippen LogP contribution in [0, 0.1) is 0 Å². The number of hydrogen-bond donors (Lipinski definition) is 1. The van der Waals surface area contributed by atoms with Crippen LogP contribution in [-0.2, 0) is 37.4 Å². The normalized spacial score (nSPS) is 15.6. The largest absolute Gasteiger partial charge is 0.433 e. The Labute approximate surface area is 220 Å². The van der Waals surface area contributed by atoms with Crippen LogP contribution in [0.15, 0.2) is 36.4 Å². The monoisotopic (exact) mass is 533 g/mol. The molecular weight excluding hydrogens is 499 g/mol. The van der Waals surface area contributed by atoms with Gasteiger partial charge in [-0.25, -0.2) is 0 Å². The zero-order chi connectivity index (χ0) is 26.6. The number of rotatable bonds is 8. The molecule has 3 aromatic rings. The quantitative estimate of drug-likeness (QED) is 0.419. The minimum Gasteiger partial charge on any atom is -0.324 e. The van der Waals surface area contributed by atoms with E-state index in [2.05, 4.69) is 46.2 Å². The lowest BCUT2D eigenvalue weighted by Crippen LogP contribution is -2.36. The standard InChI is InChI=1S/C27H34F3N5OS/c1-4-19-8-6-9-20(5-2)26(19)31-25(36)18-35-13-7-12-34(14-15-35)17-21-10-11-23(37-21)22-16-24(27(28,29)30)33(3)32-22/h6,8-11,16H,4-5,7,12-15,17-18H2,1-3H3,(H,31,36). The summed E-state index contributed by atoms with van der Waals surface area (Å²) in [5, 5.41) is 7.22. The van der Waals surface area contributed by atoms with Crippen molar-refractivity contribution in [3.8, 4) is 10.6 Å². The molecule has 0 saturated carbocycles. The molecule has 37 heavy (non-hydrogen) atoms. The maximum atomic E-state index is 13.1. The van der Waals surface area contributed by atoms with E-state index in [1.165, 1.54) is 18.4 Å². The molecule has 1 fully saturated rings. The smallest absolute Gasteiger partial charge is 0.324 e. The van der Waals surface area contributed by atoms with Gasteiger partial charge < -0.3 is 5.32 Å². The summed E-state index contributed by atoms with van der Waals surface area (Å²) in [6.45, 7) is 8.66. The molecular formula is C27H34F3N5OS. The fraction of sp³-hybridized carbons (Fsp3) is 0.481. The number of carbonyl (C=O) groups excluding carboxylic acids is 1. The van der Waals surface area contributed by atoms with Crippen LogP contribution in [0.3, 0.4) is 0 Å². The van der Waals surface area contributed by atoms with Crippen molar-refractivity contribution in [1.82, 2.24) is 19.6 Å². The van der Waals surface area contributed by atoms with E-state index >= 15 is 0 Å². The number of aromatic nitrogens is 2. The Morgan fingerprint density at radius 2 is 1.70 bits per heavy atom. The Balaban J connectivity index is 1.32. The first-order chi connectivity index (χ1) is 17.7. The van der Waals surface area contributed by atoms with E-state index in [0.29, 0.717) is 12.2 Å². The molecule has 1 aliphatic heterocycles. The Bertz CT molecular complexity index is 1200. The van der Waals surface area contributed by atoms with Crippen LogP contribution in [0.4, 0.5) is 18.9 Å². The minimum absolute atomic E-state index is 0.0144. The van der Waals surface area contributed by atoms with Crippen molar-refractivity contribution in [3.05, 3.63) is 58.1 Å². The number of hydrogen-bond acceptors (Lipinski definition) is 5.